The van der Waals surface area contributed by atoms with Crippen LogP contribution in [0.3, 0.4) is 0 Å². The molecule has 1 amide bonds. The fraction of sp³-hybridized carbons (Fsp3) is 0.667. The second kappa shape index (κ2) is 6.68. The molecule has 0 bridgehead atoms. The summed E-state index contributed by atoms with van der Waals surface area (Å²) in [7, 11) is 0. The van der Waals surface area contributed by atoms with Gasteiger partial charge in [-0.1, -0.05) is 13.8 Å². The summed E-state index contributed by atoms with van der Waals surface area (Å²) in [6.07, 6.45) is 5.10. The predicted octanol–water partition coefficient (Wildman–Crippen LogP) is 2.06. The fourth-order valence-corrected chi connectivity index (χ4v) is 2.77. The number of hydrogen-bond acceptors (Lipinski definition) is 3. The minimum Gasteiger partial charge on any atom is -0.334 e. The van der Waals surface area contributed by atoms with Crippen LogP contribution in [-0.4, -0.2) is 33.2 Å². The predicted molar refractivity (Wildman–Crippen MR) is 77.8 cm³/mol. The van der Waals surface area contributed by atoms with Crippen LogP contribution in [0.5, 0.6) is 0 Å². The van der Waals surface area contributed by atoms with Gasteiger partial charge in [0.15, 0.2) is 0 Å². The van der Waals surface area contributed by atoms with E-state index in [1.165, 1.54) is 17.2 Å². The summed E-state index contributed by atoms with van der Waals surface area (Å²) in [5, 5.41) is 4.22. The molecule has 2 rings (SSSR count). The number of aryl methyl sites for hydroxylation is 1. The lowest BCUT2D eigenvalue weighted by atomic mass is 9.99. The molecule has 2 heterocycles. The third kappa shape index (κ3) is 3.08. The minimum absolute atomic E-state index is 0.0404. The van der Waals surface area contributed by atoms with E-state index in [2.05, 4.69) is 12.0 Å². The Balaban J connectivity index is 2.23. The van der Waals surface area contributed by atoms with Gasteiger partial charge in [-0.15, -0.1) is 0 Å². The zero-order valence-corrected chi connectivity index (χ0v) is 12.3. The summed E-state index contributed by atoms with van der Waals surface area (Å²) in [4.78, 5) is 26.2. The molecule has 1 aromatic rings. The fourth-order valence-electron chi connectivity index (χ4n) is 2.77. The average Bonchev–Trinajstić information content (AvgIpc) is 2.49. The second-order valence-corrected chi connectivity index (χ2v) is 5.34. The standard InChI is InChI=1S/C15H23N3O2/c1-3-10-18-14(19)9-8-13(16-18)15(20)17-11-6-5-7-12(17)4-2/h8-9,12H,3-7,10-11H2,1-2H3. The third-order valence-electron chi connectivity index (χ3n) is 3.88. The summed E-state index contributed by atoms with van der Waals surface area (Å²) in [6, 6.07) is 3.31. The van der Waals surface area contributed by atoms with Crippen LogP contribution in [0.4, 0.5) is 0 Å². The highest BCUT2D eigenvalue weighted by Gasteiger charge is 2.27. The Morgan fingerprint density at radius 1 is 1.35 bits per heavy atom. The number of carbonyl (C=O) groups is 1. The van der Waals surface area contributed by atoms with Gasteiger partial charge in [-0.05, 0) is 38.2 Å². The molecule has 110 valence electrons. The van der Waals surface area contributed by atoms with E-state index in [9.17, 15) is 9.59 Å². The molecule has 0 aromatic carbocycles. The maximum absolute atomic E-state index is 12.6. The molecule has 1 fully saturated rings. The van der Waals surface area contributed by atoms with Crippen molar-refractivity contribution in [3.8, 4) is 0 Å². The third-order valence-corrected chi connectivity index (χ3v) is 3.88. The van der Waals surface area contributed by atoms with Crippen molar-refractivity contribution in [2.75, 3.05) is 6.54 Å². The first-order valence-electron chi connectivity index (χ1n) is 7.56. The molecule has 20 heavy (non-hydrogen) atoms. The molecule has 0 saturated carbocycles. The quantitative estimate of drug-likeness (QED) is 0.846. The van der Waals surface area contributed by atoms with E-state index in [-0.39, 0.29) is 11.5 Å². The molecule has 0 N–H and O–H groups in total. The number of rotatable bonds is 4. The number of nitrogens with zero attached hydrogens (tertiary/aromatic N) is 3. The van der Waals surface area contributed by atoms with E-state index < -0.39 is 0 Å². The van der Waals surface area contributed by atoms with Gasteiger partial charge >= 0.3 is 0 Å². The molecule has 1 atom stereocenters. The zero-order valence-electron chi connectivity index (χ0n) is 12.3. The first kappa shape index (κ1) is 14.8. The van der Waals surface area contributed by atoms with Crippen molar-refractivity contribution in [2.45, 2.75) is 58.5 Å². The van der Waals surface area contributed by atoms with Crippen LogP contribution in [0.1, 0.15) is 56.4 Å². The van der Waals surface area contributed by atoms with E-state index in [1.54, 1.807) is 6.07 Å². The van der Waals surface area contributed by atoms with Crippen molar-refractivity contribution in [2.24, 2.45) is 0 Å². The van der Waals surface area contributed by atoms with E-state index >= 15 is 0 Å². The molecule has 1 unspecified atom stereocenters. The second-order valence-electron chi connectivity index (χ2n) is 5.34. The van der Waals surface area contributed by atoms with Crippen LogP contribution < -0.4 is 5.56 Å². The van der Waals surface area contributed by atoms with Gasteiger partial charge in [-0.25, -0.2) is 4.68 Å². The lowest BCUT2D eigenvalue weighted by Gasteiger charge is -2.35. The number of likely N-dealkylation sites (tertiary alicyclic amines) is 1. The Bertz CT molecular complexity index is 524. The lowest BCUT2D eigenvalue weighted by Crippen LogP contribution is -2.44. The van der Waals surface area contributed by atoms with Gasteiger partial charge in [0.25, 0.3) is 11.5 Å². The van der Waals surface area contributed by atoms with E-state index in [0.29, 0.717) is 18.3 Å². The molecule has 0 radical (unpaired) electrons. The van der Waals surface area contributed by atoms with Gasteiger partial charge in [0, 0.05) is 25.2 Å². The van der Waals surface area contributed by atoms with E-state index in [4.69, 9.17) is 0 Å². The largest absolute Gasteiger partial charge is 0.334 e. The van der Waals surface area contributed by atoms with Gasteiger partial charge in [0.2, 0.25) is 0 Å². The number of aromatic nitrogens is 2. The maximum atomic E-state index is 12.6. The highest BCUT2D eigenvalue weighted by atomic mass is 16.2. The molecule has 1 aliphatic rings. The van der Waals surface area contributed by atoms with Gasteiger partial charge in [0.05, 0.1) is 0 Å². The van der Waals surface area contributed by atoms with E-state index in [1.807, 2.05) is 11.8 Å². The molecule has 1 saturated heterocycles. The molecule has 1 aliphatic heterocycles. The Morgan fingerprint density at radius 2 is 2.15 bits per heavy atom. The Hall–Kier alpha value is -1.65. The van der Waals surface area contributed by atoms with Crippen LogP contribution in [-0.2, 0) is 6.54 Å². The van der Waals surface area contributed by atoms with Gasteiger partial charge < -0.3 is 4.90 Å². The van der Waals surface area contributed by atoms with Crippen LogP contribution in [0.2, 0.25) is 0 Å². The number of piperidine rings is 1. The van der Waals surface area contributed by atoms with E-state index in [0.717, 1.165) is 32.2 Å². The van der Waals surface area contributed by atoms with Gasteiger partial charge in [0.1, 0.15) is 5.69 Å². The van der Waals surface area contributed by atoms with Gasteiger partial charge in [-0.2, -0.15) is 5.10 Å². The molecule has 5 heteroatoms. The molecular weight excluding hydrogens is 254 g/mol. The van der Waals surface area contributed by atoms with Crippen molar-refractivity contribution in [3.05, 3.63) is 28.2 Å². The normalized spacial score (nSPS) is 19.1. The SMILES string of the molecule is CCCn1nc(C(=O)N2CCCCC2CC)ccc1=O. The Morgan fingerprint density at radius 3 is 2.85 bits per heavy atom. The molecule has 0 aliphatic carbocycles. The number of carbonyl (C=O) groups excluding carboxylic acids is 1. The van der Waals surface area contributed by atoms with Crippen molar-refractivity contribution < 1.29 is 4.79 Å². The highest BCUT2D eigenvalue weighted by molar-refractivity contribution is 5.92. The summed E-state index contributed by atoms with van der Waals surface area (Å²) < 4.78 is 1.39. The van der Waals surface area contributed by atoms with Crippen molar-refractivity contribution >= 4 is 5.91 Å². The maximum Gasteiger partial charge on any atom is 0.274 e. The molecular formula is C15H23N3O2. The topological polar surface area (TPSA) is 55.2 Å². The van der Waals surface area contributed by atoms with Crippen LogP contribution in [0.15, 0.2) is 16.9 Å². The highest BCUT2D eigenvalue weighted by Crippen LogP contribution is 2.20. The van der Waals surface area contributed by atoms with Gasteiger partial charge in [-0.3, -0.25) is 9.59 Å². The first-order valence-corrected chi connectivity index (χ1v) is 7.56. The summed E-state index contributed by atoms with van der Waals surface area (Å²) in [6.45, 7) is 5.45. The summed E-state index contributed by atoms with van der Waals surface area (Å²) in [5.41, 5.74) is 0.243. The molecule has 0 spiro atoms. The number of amides is 1. The summed E-state index contributed by atoms with van der Waals surface area (Å²) >= 11 is 0. The Kier molecular flexibility index (Phi) is 4.93. The van der Waals surface area contributed by atoms with Crippen molar-refractivity contribution in [1.82, 2.24) is 14.7 Å². The Labute approximate surface area is 119 Å². The molecule has 5 nitrogen and oxygen atoms in total. The van der Waals surface area contributed by atoms with Crippen molar-refractivity contribution in [1.29, 1.82) is 0 Å². The number of hydrogen-bond donors (Lipinski definition) is 0. The lowest BCUT2D eigenvalue weighted by molar-refractivity contribution is 0.0599. The smallest absolute Gasteiger partial charge is 0.274 e. The van der Waals surface area contributed by atoms with Crippen molar-refractivity contribution in [3.63, 3.8) is 0 Å². The zero-order chi connectivity index (χ0) is 14.5. The van der Waals surface area contributed by atoms with Crippen LogP contribution in [0, 0.1) is 0 Å². The van der Waals surface area contributed by atoms with Crippen LogP contribution >= 0.6 is 0 Å². The first-order chi connectivity index (χ1) is 9.67. The molecule has 1 aromatic heterocycles. The minimum atomic E-state index is -0.144. The van der Waals surface area contributed by atoms with Crippen LogP contribution in [0.25, 0.3) is 0 Å². The average molecular weight is 277 g/mol. The monoisotopic (exact) mass is 277 g/mol. The summed E-state index contributed by atoms with van der Waals surface area (Å²) in [5.74, 6) is -0.0404.